The average molecular weight is 275 g/mol. The number of carbonyl (C=O) groups excluding carboxylic acids is 1. The molecule has 20 heavy (non-hydrogen) atoms. The summed E-state index contributed by atoms with van der Waals surface area (Å²) in [4.78, 5) is 14.8. The molecule has 1 aromatic rings. The molecule has 0 saturated carbocycles. The van der Waals surface area contributed by atoms with Crippen molar-refractivity contribution in [2.75, 3.05) is 40.3 Å². The Morgan fingerprint density at radius 1 is 1.25 bits per heavy atom. The quantitative estimate of drug-likeness (QED) is 0.842. The number of hydrogen-bond donors (Lipinski definition) is 2. The van der Waals surface area contributed by atoms with Crippen LogP contribution in [0.4, 0.5) is 0 Å². The van der Waals surface area contributed by atoms with Crippen LogP contribution in [0.1, 0.15) is 18.4 Å². The van der Waals surface area contributed by atoms with Gasteiger partial charge in [0, 0.05) is 13.1 Å². The molecule has 1 aliphatic rings. The third-order valence-electron chi connectivity index (χ3n) is 4.06. The minimum absolute atomic E-state index is 0.173. The standard InChI is InChI=1S/C16H25N3O/c1-19(2)13-12-18-15(20)16(8-10-17-11-9-16)14-6-4-3-5-7-14/h3-7,17H,8-13H2,1-2H3,(H,18,20). The number of benzene rings is 1. The Balaban J connectivity index is 2.13. The fourth-order valence-electron chi connectivity index (χ4n) is 2.82. The van der Waals surface area contributed by atoms with Crippen molar-refractivity contribution in [3.63, 3.8) is 0 Å². The van der Waals surface area contributed by atoms with Gasteiger partial charge in [0.25, 0.3) is 0 Å². The molecule has 0 aromatic heterocycles. The summed E-state index contributed by atoms with van der Waals surface area (Å²) >= 11 is 0. The molecule has 110 valence electrons. The van der Waals surface area contributed by atoms with E-state index in [1.807, 2.05) is 32.3 Å². The van der Waals surface area contributed by atoms with E-state index in [-0.39, 0.29) is 11.3 Å². The van der Waals surface area contributed by atoms with E-state index >= 15 is 0 Å². The number of nitrogens with zero attached hydrogens (tertiary/aromatic N) is 1. The van der Waals surface area contributed by atoms with E-state index in [0.29, 0.717) is 6.54 Å². The Bertz CT molecular complexity index is 425. The molecule has 0 aliphatic carbocycles. The van der Waals surface area contributed by atoms with Crippen LogP contribution in [0.15, 0.2) is 30.3 Å². The van der Waals surface area contributed by atoms with Gasteiger partial charge in [0.1, 0.15) is 0 Å². The van der Waals surface area contributed by atoms with Crippen molar-refractivity contribution in [2.45, 2.75) is 18.3 Å². The molecular formula is C16H25N3O. The second-order valence-corrected chi connectivity index (χ2v) is 5.76. The first kappa shape index (κ1) is 15.0. The predicted octanol–water partition coefficient (Wildman–Crippen LogP) is 0.986. The van der Waals surface area contributed by atoms with Crippen molar-refractivity contribution in [2.24, 2.45) is 0 Å². The Labute approximate surface area is 121 Å². The Kier molecular flexibility index (Phi) is 5.15. The van der Waals surface area contributed by atoms with Gasteiger partial charge < -0.3 is 15.5 Å². The summed E-state index contributed by atoms with van der Waals surface area (Å²) in [7, 11) is 4.04. The molecule has 0 radical (unpaired) electrons. The zero-order valence-electron chi connectivity index (χ0n) is 12.5. The zero-order valence-corrected chi connectivity index (χ0v) is 12.5. The molecule has 1 heterocycles. The van der Waals surface area contributed by atoms with E-state index in [4.69, 9.17) is 0 Å². The molecule has 1 amide bonds. The van der Waals surface area contributed by atoms with Crippen LogP contribution in [0.2, 0.25) is 0 Å². The second-order valence-electron chi connectivity index (χ2n) is 5.76. The number of amides is 1. The fraction of sp³-hybridized carbons (Fsp3) is 0.562. The first-order valence-electron chi connectivity index (χ1n) is 7.34. The van der Waals surface area contributed by atoms with Gasteiger partial charge in [-0.2, -0.15) is 0 Å². The highest BCUT2D eigenvalue weighted by Gasteiger charge is 2.40. The number of likely N-dealkylation sites (N-methyl/N-ethyl adjacent to an activating group) is 1. The predicted molar refractivity (Wildman–Crippen MR) is 81.8 cm³/mol. The summed E-state index contributed by atoms with van der Waals surface area (Å²) in [6.07, 6.45) is 1.73. The average Bonchev–Trinajstić information content (AvgIpc) is 2.48. The molecule has 4 nitrogen and oxygen atoms in total. The first-order valence-corrected chi connectivity index (χ1v) is 7.34. The van der Waals surface area contributed by atoms with Crippen LogP contribution in [0.5, 0.6) is 0 Å². The van der Waals surface area contributed by atoms with E-state index in [0.717, 1.165) is 38.0 Å². The molecule has 1 aliphatic heterocycles. The third-order valence-corrected chi connectivity index (χ3v) is 4.06. The van der Waals surface area contributed by atoms with Crippen molar-refractivity contribution >= 4 is 5.91 Å². The maximum atomic E-state index is 12.7. The number of rotatable bonds is 5. The lowest BCUT2D eigenvalue weighted by molar-refractivity contribution is -0.127. The first-order chi connectivity index (χ1) is 9.65. The highest BCUT2D eigenvalue weighted by atomic mass is 16.2. The van der Waals surface area contributed by atoms with Crippen molar-refractivity contribution in [1.82, 2.24) is 15.5 Å². The maximum absolute atomic E-state index is 12.7. The van der Waals surface area contributed by atoms with Crippen LogP contribution in [0, 0.1) is 0 Å². The molecule has 0 spiro atoms. The lowest BCUT2D eigenvalue weighted by Crippen LogP contribution is -2.51. The Morgan fingerprint density at radius 2 is 1.90 bits per heavy atom. The molecule has 0 unspecified atom stereocenters. The lowest BCUT2D eigenvalue weighted by atomic mass is 9.72. The van der Waals surface area contributed by atoms with Gasteiger partial charge in [-0.15, -0.1) is 0 Å². The van der Waals surface area contributed by atoms with Crippen molar-refractivity contribution in [1.29, 1.82) is 0 Å². The molecule has 1 aromatic carbocycles. The molecule has 2 rings (SSSR count). The summed E-state index contributed by atoms with van der Waals surface area (Å²) in [5.74, 6) is 0.173. The number of piperidine rings is 1. The zero-order chi connectivity index (χ0) is 14.4. The molecule has 2 N–H and O–H groups in total. The Morgan fingerprint density at radius 3 is 2.50 bits per heavy atom. The van der Waals surface area contributed by atoms with Crippen LogP contribution in [0.25, 0.3) is 0 Å². The topological polar surface area (TPSA) is 44.4 Å². The van der Waals surface area contributed by atoms with Gasteiger partial charge >= 0.3 is 0 Å². The normalized spacial score (nSPS) is 17.9. The summed E-state index contributed by atoms with van der Waals surface area (Å²) < 4.78 is 0. The molecule has 1 fully saturated rings. The monoisotopic (exact) mass is 275 g/mol. The van der Waals surface area contributed by atoms with Gasteiger partial charge in [0.15, 0.2) is 0 Å². The van der Waals surface area contributed by atoms with Gasteiger partial charge in [0.05, 0.1) is 5.41 Å². The van der Waals surface area contributed by atoms with Gasteiger partial charge in [0.2, 0.25) is 5.91 Å². The van der Waals surface area contributed by atoms with E-state index in [2.05, 4.69) is 27.7 Å². The number of carbonyl (C=O) groups is 1. The van der Waals surface area contributed by atoms with E-state index in [1.165, 1.54) is 0 Å². The van der Waals surface area contributed by atoms with Crippen LogP contribution in [-0.2, 0) is 10.2 Å². The van der Waals surface area contributed by atoms with Gasteiger partial charge in [-0.25, -0.2) is 0 Å². The maximum Gasteiger partial charge on any atom is 0.230 e. The second kappa shape index (κ2) is 6.86. The highest BCUT2D eigenvalue weighted by Crippen LogP contribution is 2.33. The Hall–Kier alpha value is -1.39. The van der Waals surface area contributed by atoms with Gasteiger partial charge in [-0.05, 0) is 45.6 Å². The van der Waals surface area contributed by atoms with Crippen molar-refractivity contribution in [3.8, 4) is 0 Å². The smallest absolute Gasteiger partial charge is 0.230 e. The SMILES string of the molecule is CN(C)CCNC(=O)C1(c2ccccc2)CCNCC1. The largest absolute Gasteiger partial charge is 0.354 e. The number of nitrogens with one attached hydrogen (secondary N) is 2. The van der Waals surface area contributed by atoms with Crippen molar-refractivity contribution < 1.29 is 4.79 Å². The molecule has 0 bridgehead atoms. The summed E-state index contributed by atoms with van der Waals surface area (Å²) in [6.45, 7) is 3.37. The van der Waals surface area contributed by atoms with E-state index < -0.39 is 0 Å². The van der Waals surface area contributed by atoms with Crippen LogP contribution < -0.4 is 10.6 Å². The third kappa shape index (κ3) is 3.38. The van der Waals surface area contributed by atoms with Crippen LogP contribution in [0.3, 0.4) is 0 Å². The molecule has 0 atom stereocenters. The van der Waals surface area contributed by atoms with E-state index in [9.17, 15) is 4.79 Å². The van der Waals surface area contributed by atoms with Gasteiger partial charge in [-0.1, -0.05) is 30.3 Å². The van der Waals surface area contributed by atoms with Gasteiger partial charge in [-0.3, -0.25) is 4.79 Å². The summed E-state index contributed by atoms with van der Waals surface area (Å²) in [5, 5.41) is 6.46. The summed E-state index contributed by atoms with van der Waals surface area (Å²) in [6, 6.07) is 10.2. The molecule has 1 saturated heterocycles. The minimum atomic E-state index is -0.362. The minimum Gasteiger partial charge on any atom is -0.354 e. The van der Waals surface area contributed by atoms with Crippen LogP contribution in [-0.4, -0.2) is 51.1 Å². The fourth-order valence-corrected chi connectivity index (χ4v) is 2.82. The lowest BCUT2D eigenvalue weighted by Gasteiger charge is -2.36. The van der Waals surface area contributed by atoms with Crippen LogP contribution >= 0.6 is 0 Å². The highest BCUT2D eigenvalue weighted by molar-refractivity contribution is 5.88. The molecular weight excluding hydrogens is 250 g/mol. The summed E-state index contributed by atoms with van der Waals surface area (Å²) in [5.41, 5.74) is 0.780. The molecule has 4 heteroatoms. The van der Waals surface area contributed by atoms with Crippen molar-refractivity contribution in [3.05, 3.63) is 35.9 Å². The van der Waals surface area contributed by atoms with E-state index in [1.54, 1.807) is 0 Å². The number of hydrogen-bond acceptors (Lipinski definition) is 3.